The number of likely N-dealkylation sites (tertiary alicyclic amines) is 1. The van der Waals surface area contributed by atoms with Crippen molar-refractivity contribution in [2.45, 2.75) is 155 Å². The van der Waals surface area contributed by atoms with Gasteiger partial charge in [-0.25, -0.2) is 0 Å². The fourth-order valence-corrected chi connectivity index (χ4v) is 15.5. The maximum atomic E-state index is 12.6. The van der Waals surface area contributed by atoms with Crippen LogP contribution in [0.5, 0.6) is 0 Å². The van der Waals surface area contributed by atoms with Crippen LogP contribution in [-0.2, 0) is 28.5 Å². The van der Waals surface area contributed by atoms with Crippen LogP contribution < -0.4 is 0 Å². The van der Waals surface area contributed by atoms with Crippen LogP contribution in [0.15, 0.2) is 0 Å². The van der Waals surface area contributed by atoms with Crippen LogP contribution >= 0.6 is 0 Å². The van der Waals surface area contributed by atoms with Crippen LogP contribution in [0.1, 0.15) is 107 Å². The van der Waals surface area contributed by atoms with Crippen molar-refractivity contribution in [3.8, 4) is 0 Å². The highest BCUT2D eigenvalue weighted by Crippen LogP contribution is 2.89. The Labute approximate surface area is 318 Å². The lowest BCUT2D eigenvalue weighted by Gasteiger charge is -2.64. The molecule has 2 N–H and O–H groups in total. The van der Waals surface area contributed by atoms with Crippen molar-refractivity contribution < 1.29 is 38.7 Å². The van der Waals surface area contributed by atoms with E-state index < -0.39 is 29.9 Å². The summed E-state index contributed by atoms with van der Waals surface area (Å²) in [6.45, 7) is 24.9. The molecule has 5 saturated carbocycles. The summed E-state index contributed by atoms with van der Waals surface area (Å²) in [6, 6.07) is 0.650. The summed E-state index contributed by atoms with van der Waals surface area (Å²) < 4.78 is 31.3. The van der Waals surface area contributed by atoms with Gasteiger partial charge in [0.25, 0.3) is 0 Å². The third-order valence-corrected chi connectivity index (χ3v) is 18.2. The smallest absolute Gasteiger partial charge is 0.303 e. The summed E-state index contributed by atoms with van der Waals surface area (Å²) >= 11 is 0. The molecule has 2 spiro atoms. The van der Waals surface area contributed by atoms with Gasteiger partial charge in [-0.2, -0.15) is 0 Å². The number of esters is 1. The first-order valence-corrected chi connectivity index (χ1v) is 21.5. The number of aliphatic hydroxyl groups is 2. The molecule has 9 aliphatic rings. The fourth-order valence-electron chi connectivity index (χ4n) is 15.5. The number of aliphatic hydroxyl groups excluding tert-OH is 1. The molecule has 300 valence electrons. The number of carbonyl (C=O) groups is 1. The van der Waals surface area contributed by atoms with Crippen molar-refractivity contribution in [2.24, 2.45) is 56.7 Å². The second-order valence-electron chi connectivity index (χ2n) is 21.4. The average molecular weight is 743 g/mol. The van der Waals surface area contributed by atoms with Crippen LogP contribution in [0.25, 0.3) is 0 Å². The van der Waals surface area contributed by atoms with Gasteiger partial charge in [0.2, 0.25) is 0 Å². The van der Waals surface area contributed by atoms with E-state index >= 15 is 0 Å². The molecule has 0 aromatic rings. The molecule has 9 fully saturated rings. The number of hydrogen-bond acceptors (Lipinski definition) is 10. The number of hydrogen-bond donors (Lipinski definition) is 2. The third kappa shape index (κ3) is 5.41. The van der Waals surface area contributed by atoms with Crippen molar-refractivity contribution >= 4 is 5.97 Å². The van der Waals surface area contributed by atoms with Gasteiger partial charge in [0.05, 0.1) is 55.9 Å². The zero-order chi connectivity index (χ0) is 37.5. The van der Waals surface area contributed by atoms with Crippen molar-refractivity contribution in [3.05, 3.63) is 0 Å². The topological polar surface area (TPSA) is 110 Å². The highest BCUT2D eigenvalue weighted by atomic mass is 16.7. The maximum Gasteiger partial charge on any atom is 0.303 e. The third-order valence-electron chi connectivity index (χ3n) is 18.2. The number of morpholine rings is 1. The summed E-state index contributed by atoms with van der Waals surface area (Å²) in [6.07, 6.45) is 6.80. The lowest BCUT2D eigenvalue weighted by atomic mass is 9.41. The molecule has 0 amide bonds. The molecule has 10 heteroatoms. The first-order chi connectivity index (χ1) is 24.9. The van der Waals surface area contributed by atoms with E-state index in [1.54, 1.807) is 13.8 Å². The molecule has 53 heavy (non-hydrogen) atoms. The van der Waals surface area contributed by atoms with Crippen LogP contribution in [0, 0.1) is 56.7 Å². The Morgan fingerprint density at radius 2 is 1.72 bits per heavy atom. The first-order valence-electron chi connectivity index (χ1n) is 21.5. The van der Waals surface area contributed by atoms with Crippen molar-refractivity contribution in [2.75, 3.05) is 52.5 Å². The zero-order valence-electron chi connectivity index (χ0n) is 34.0. The lowest BCUT2D eigenvalue weighted by Crippen LogP contribution is -2.62. The van der Waals surface area contributed by atoms with Crippen molar-refractivity contribution in [3.63, 3.8) is 0 Å². The first kappa shape index (κ1) is 37.7. The molecule has 0 bridgehead atoms. The van der Waals surface area contributed by atoms with Gasteiger partial charge in [0, 0.05) is 45.1 Å². The number of nitrogens with zero attached hydrogens (tertiary/aromatic N) is 2. The molecule has 4 aliphatic heterocycles. The van der Waals surface area contributed by atoms with Crippen LogP contribution in [-0.4, -0.2) is 127 Å². The van der Waals surface area contributed by atoms with Gasteiger partial charge < -0.3 is 33.9 Å². The zero-order valence-corrected chi connectivity index (χ0v) is 34.0. The SMILES string of the molecule is CC(=O)O[C@@H](C1C[C@@H](C)[C@H]2C(O1)[C@H](O)[C@@]1(C)C3CC[C@H]4C(C)(C)[C@@H](O[C@H]5CN(CC6CN(C7COC7)C6)CCO5)CCC45CC35CC[C@]21C)C(C)(C)O. The predicted octanol–water partition coefficient (Wildman–Crippen LogP) is 4.88. The van der Waals surface area contributed by atoms with Gasteiger partial charge in [-0.05, 0) is 116 Å². The summed E-state index contributed by atoms with van der Waals surface area (Å²) in [7, 11) is 0. The van der Waals surface area contributed by atoms with Gasteiger partial charge in [0.1, 0.15) is 0 Å². The Hall–Kier alpha value is -0.850. The minimum atomic E-state index is -1.25. The van der Waals surface area contributed by atoms with E-state index in [0.717, 1.165) is 64.6 Å². The Morgan fingerprint density at radius 1 is 1.00 bits per heavy atom. The van der Waals surface area contributed by atoms with E-state index in [1.807, 2.05) is 0 Å². The molecule has 4 heterocycles. The molecule has 14 atom stereocenters. The monoisotopic (exact) mass is 743 g/mol. The average Bonchev–Trinajstić information content (AvgIpc) is 3.67. The standard InChI is InChI=1S/C43H70N2O8/c1-25-17-29(37(39(5,6)48)51-26(2)46)52-35-34(25)40(7)13-14-43-24-42(43)12-11-32(38(3,4)30(42)9-10-31(43)41(40,8)36(35)47)53-33-21-44(15-16-50-33)18-27-19-45(20-27)28-22-49-23-28/h25,27-37,47-48H,9-24H2,1-8H3/t25-,29?,30+,31?,32+,33+,34+,35?,36+,37+,40-,41-,42?,43?/m1/s1. The second kappa shape index (κ2) is 12.6. The quantitative estimate of drug-likeness (QED) is 0.335. The van der Waals surface area contributed by atoms with E-state index in [-0.39, 0.29) is 52.0 Å². The van der Waals surface area contributed by atoms with E-state index in [9.17, 15) is 15.0 Å². The summed E-state index contributed by atoms with van der Waals surface area (Å²) in [5, 5.41) is 23.7. The Kier molecular flexibility index (Phi) is 8.95. The Bertz CT molecular complexity index is 1430. The van der Waals surface area contributed by atoms with Crippen LogP contribution in [0.2, 0.25) is 0 Å². The van der Waals surface area contributed by atoms with Gasteiger partial charge in [-0.15, -0.1) is 0 Å². The molecule has 10 nitrogen and oxygen atoms in total. The normalized spacial score (nSPS) is 50.3. The largest absolute Gasteiger partial charge is 0.457 e. The van der Waals surface area contributed by atoms with Crippen molar-refractivity contribution in [1.82, 2.24) is 9.80 Å². The molecule has 0 aromatic carbocycles. The van der Waals surface area contributed by atoms with E-state index in [2.05, 4.69) is 44.4 Å². The van der Waals surface area contributed by atoms with E-state index in [1.165, 1.54) is 45.7 Å². The molecule has 5 aliphatic carbocycles. The van der Waals surface area contributed by atoms with E-state index in [4.69, 9.17) is 23.7 Å². The molecule has 4 saturated heterocycles. The minimum absolute atomic E-state index is 0.0509. The summed E-state index contributed by atoms with van der Waals surface area (Å²) in [5.41, 5.74) is -0.953. The molecule has 5 unspecified atom stereocenters. The summed E-state index contributed by atoms with van der Waals surface area (Å²) in [5.74, 6) is 1.87. The Balaban J connectivity index is 0.889. The molecular formula is C43H70N2O8. The van der Waals surface area contributed by atoms with Crippen LogP contribution in [0.3, 0.4) is 0 Å². The summed E-state index contributed by atoms with van der Waals surface area (Å²) in [4.78, 5) is 17.3. The highest BCUT2D eigenvalue weighted by Gasteiger charge is 2.84. The molecule has 9 rings (SSSR count). The lowest BCUT2D eigenvalue weighted by molar-refractivity contribution is -0.250. The number of rotatable bonds is 8. The fraction of sp³-hybridized carbons (Fsp3) is 0.977. The van der Waals surface area contributed by atoms with Gasteiger partial charge >= 0.3 is 5.97 Å². The minimum Gasteiger partial charge on any atom is -0.457 e. The van der Waals surface area contributed by atoms with Gasteiger partial charge in [-0.3, -0.25) is 14.6 Å². The number of carbonyl (C=O) groups excluding carboxylic acids is 1. The molecule has 0 radical (unpaired) electrons. The van der Waals surface area contributed by atoms with Gasteiger partial charge in [-0.1, -0.05) is 34.6 Å². The van der Waals surface area contributed by atoms with Gasteiger partial charge in [0.15, 0.2) is 12.4 Å². The maximum absolute atomic E-state index is 12.6. The highest BCUT2D eigenvalue weighted by molar-refractivity contribution is 5.66. The Morgan fingerprint density at radius 3 is 2.40 bits per heavy atom. The predicted molar refractivity (Wildman–Crippen MR) is 199 cm³/mol. The number of ether oxygens (including phenoxy) is 5. The molecule has 0 aromatic heterocycles. The van der Waals surface area contributed by atoms with Crippen LogP contribution in [0.4, 0.5) is 0 Å². The second-order valence-corrected chi connectivity index (χ2v) is 21.4. The van der Waals surface area contributed by atoms with Crippen molar-refractivity contribution in [1.29, 1.82) is 0 Å². The number of fused-ring (bicyclic) bond motifs is 4. The molecular weight excluding hydrogens is 672 g/mol. The van der Waals surface area contributed by atoms with E-state index in [0.29, 0.717) is 29.7 Å².